The summed E-state index contributed by atoms with van der Waals surface area (Å²) in [7, 11) is 0. The smallest absolute Gasteiger partial charge is 0.258 e. The van der Waals surface area contributed by atoms with E-state index in [1.165, 1.54) is 11.1 Å². The van der Waals surface area contributed by atoms with E-state index in [1.807, 2.05) is 23.1 Å². The topological polar surface area (TPSA) is 20.3 Å². The Bertz CT molecular complexity index is 1120. The molecule has 0 saturated carbocycles. The molecule has 1 atom stereocenters. The van der Waals surface area contributed by atoms with Crippen molar-refractivity contribution < 1.29 is 4.79 Å². The molecule has 0 bridgehead atoms. The SMILES string of the molecule is Cc1ccc(C2(C)CC(C)(C)N(C(=O)c3ccc(Cl)c(Cl)c3)c3ccccc32)cc1. The molecule has 0 saturated heterocycles. The van der Waals surface area contributed by atoms with E-state index in [2.05, 4.69) is 58.0 Å². The van der Waals surface area contributed by atoms with Crippen molar-refractivity contribution >= 4 is 34.8 Å². The summed E-state index contributed by atoms with van der Waals surface area (Å²) in [6, 6.07) is 22.0. The van der Waals surface area contributed by atoms with Gasteiger partial charge < -0.3 is 4.90 Å². The summed E-state index contributed by atoms with van der Waals surface area (Å²) in [4.78, 5) is 15.6. The third-order valence-electron chi connectivity index (χ3n) is 6.19. The van der Waals surface area contributed by atoms with Gasteiger partial charge in [0.1, 0.15) is 0 Å². The number of rotatable bonds is 2. The predicted molar refractivity (Wildman–Crippen MR) is 126 cm³/mol. The third kappa shape index (κ3) is 3.42. The van der Waals surface area contributed by atoms with Crippen molar-refractivity contribution in [3.05, 3.63) is 99.0 Å². The zero-order chi connectivity index (χ0) is 21.7. The Labute approximate surface area is 188 Å². The number of carbonyl (C=O) groups excluding carboxylic acids is 1. The number of aryl methyl sites for hydroxylation is 1. The Hall–Kier alpha value is -2.29. The maximum Gasteiger partial charge on any atom is 0.258 e. The molecule has 4 heteroatoms. The fourth-order valence-corrected chi connectivity index (χ4v) is 5.12. The molecule has 1 amide bonds. The highest BCUT2D eigenvalue weighted by atomic mass is 35.5. The highest BCUT2D eigenvalue weighted by Crippen LogP contribution is 2.50. The number of carbonyl (C=O) groups is 1. The summed E-state index contributed by atoms with van der Waals surface area (Å²) >= 11 is 12.3. The molecular formula is C26H25Cl2NO. The van der Waals surface area contributed by atoms with E-state index in [4.69, 9.17) is 23.2 Å². The van der Waals surface area contributed by atoms with Crippen molar-refractivity contribution in [2.75, 3.05) is 4.90 Å². The summed E-state index contributed by atoms with van der Waals surface area (Å²) in [5.74, 6) is -0.0722. The molecule has 2 nitrogen and oxygen atoms in total. The minimum atomic E-state index is -0.406. The summed E-state index contributed by atoms with van der Waals surface area (Å²) in [5.41, 5.74) is 4.51. The van der Waals surface area contributed by atoms with Crippen LogP contribution in [0.15, 0.2) is 66.7 Å². The fraction of sp³-hybridized carbons (Fsp3) is 0.269. The second-order valence-corrected chi connectivity index (χ2v) is 9.79. The zero-order valence-electron chi connectivity index (χ0n) is 17.7. The van der Waals surface area contributed by atoms with E-state index in [0.29, 0.717) is 15.6 Å². The second kappa shape index (κ2) is 7.44. The quantitative estimate of drug-likeness (QED) is 0.407. The molecule has 0 aromatic heterocycles. The van der Waals surface area contributed by atoms with Crippen molar-refractivity contribution in [2.45, 2.75) is 45.1 Å². The lowest BCUT2D eigenvalue weighted by molar-refractivity contribution is 0.0948. The Morgan fingerprint density at radius 2 is 1.57 bits per heavy atom. The van der Waals surface area contributed by atoms with E-state index < -0.39 is 5.54 Å². The van der Waals surface area contributed by atoms with Crippen LogP contribution in [0.25, 0.3) is 0 Å². The molecule has 154 valence electrons. The number of fused-ring (bicyclic) bond motifs is 1. The van der Waals surface area contributed by atoms with Crippen LogP contribution in [0, 0.1) is 6.92 Å². The Balaban J connectivity index is 1.87. The van der Waals surface area contributed by atoms with Crippen LogP contribution < -0.4 is 4.90 Å². The average molecular weight is 438 g/mol. The lowest BCUT2D eigenvalue weighted by Crippen LogP contribution is -2.55. The minimum Gasteiger partial charge on any atom is -0.302 e. The van der Waals surface area contributed by atoms with Crippen LogP contribution in [-0.4, -0.2) is 11.4 Å². The van der Waals surface area contributed by atoms with Crippen molar-refractivity contribution in [3.8, 4) is 0 Å². The number of hydrogen-bond acceptors (Lipinski definition) is 1. The summed E-state index contributed by atoms with van der Waals surface area (Å²) < 4.78 is 0. The molecule has 0 fully saturated rings. The number of hydrogen-bond donors (Lipinski definition) is 0. The molecule has 0 N–H and O–H groups in total. The lowest BCUT2D eigenvalue weighted by atomic mass is 9.65. The molecule has 4 rings (SSSR count). The standard InChI is InChI=1S/C26H25Cl2NO/c1-17-9-12-19(13-10-17)26(4)16-25(2,3)29(23-8-6-5-7-20(23)26)24(30)18-11-14-21(27)22(28)15-18/h5-15H,16H2,1-4H3. The Morgan fingerprint density at radius 3 is 2.23 bits per heavy atom. The van der Waals surface area contributed by atoms with Crippen molar-refractivity contribution in [3.63, 3.8) is 0 Å². The fourth-order valence-electron chi connectivity index (χ4n) is 4.82. The normalized spacial score (nSPS) is 20.0. The van der Waals surface area contributed by atoms with Gasteiger partial charge in [0.05, 0.1) is 10.0 Å². The summed E-state index contributed by atoms with van der Waals surface area (Å²) in [5, 5.41) is 0.827. The number of nitrogens with zero attached hydrogens (tertiary/aromatic N) is 1. The van der Waals surface area contributed by atoms with Gasteiger partial charge in [-0.25, -0.2) is 0 Å². The number of halogens is 2. The van der Waals surface area contributed by atoms with Crippen LogP contribution in [0.5, 0.6) is 0 Å². The zero-order valence-corrected chi connectivity index (χ0v) is 19.2. The van der Waals surface area contributed by atoms with Crippen molar-refractivity contribution in [1.82, 2.24) is 0 Å². The van der Waals surface area contributed by atoms with Gasteiger partial charge in [-0.3, -0.25) is 4.79 Å². The summed E-state index contributed by atoms with van der Waals surface area (Å²) in [6.07, 6.45) is 0.799. The van der Waals surface area contributed by atoms with Gasteiger partial charge in [-0.2, -0.15) is 0 Å². The molecule has 3 aromatic carbocycles. The van der Waals surface area contributed by atoms with Gasteiger partial charge in [0, 0.05) is 22.2 Å². The van der Waals surface area contributed by atoms with Crippen LogP contribution in [0.3, 0.4) is 0 Å². The molecule has 1 heterocycles. The largest absolute Gasteiger partial charge is 0.302 e. The van der Waals surface area contributed by atoms with Crippen LogP contribution in [0.4, 0.5) is 5.69 Å². The lowest BCUT2D eigenvalue weighted by Gasteiger charge is -2.51. The number of benzene rings is 3. The number of anilines is 1. The van der Waals surface area contributed by atoms with E-state index in [-0.39, 0.29) is 11.3 Å². The molecule has 1 unspecified atom stereocenters. The molecule has 1 aliphatic heterocycles. The molecular weight excluding hydrogens is 413 g/mol. The predicted octanol–water partition coefficient (Wildman–Crippen LogP) is 7.44. The Morgan fingerprint density at radius 1 is 0.900 bits per heavy atom. The molecule has 3 aromatic rings. The Kier molecular flexibility index (Phi) is 5.20. The van der Waals surface area contributed by atoms with E-state index in [9.17, 15) is 4.79 Å². The van der Waals surface area contributed by atoms with Crippen LogP contribution >= 0.6 is 23.2 Å². The molecule has 30 heavy (non-hydrogen) atoms. The van der Waals surface area contributed by atoms with E-state index >= 15 is 0 Å². The maximum atomic E-state index is 13.7. The highest BCUT2D eigenvalue weighted by molar-refractivity contribution is 6.42. The first-order valence-electron chi connectivity index (χ1n) is 10.1. The first kappa shape index (κ1) is 21.0. The molecule has 0 spiro atoms. The van der Waals surface area contributed by atoms with Gasteiger partial charge in [-0.05, 0) is 62.6 Å². The second-order valence-electron chi connectivity index (χ2n) is 8.97. The van der Waals surface area contributed by atoms with E-state index in [1.54, 1.807) is 18.2 Å². The van der Waals surface area contributed by atoms with Crippen LogP contribution in [-0.2, 0) is 5.41 Å². The van der Waals surface area contributed by atoms with Gasteiger partial charge in [0.15, 0.2) is 0 Å². The van der Waals surface area contributed by atoms with Gasteiger partial charge in [0.25, 0.3) is 5.91 Å². The third-order valence-corrected chi connectivity index (χ3v) is 6.93. The molecule has 1 aliphatic rings. The minimum absolute atomic E-state index is 0.0722. The van der Waals surface area contributed by atoms with Gasteiger partial charge >= 0.3 is 0 Å². The first-order valence-corrected chi connectivity index (χ1v) is 10.9. The number of amides is 1. The highest BCUT2D eigenvalue weighted by Gasteiger charge is 2.47. The first-order chi connectivity index (χ1) is 14.1. The van der Waals surface area contributed by atoms with Gasteiger partial charge in [-0.15, -0.1) is 0 Å². The van der Waals surface area contributed by atoms with Crippen molar-refractivity contribution in [2.24, 2.45) is 0 Å². The van der Waals surface area contributed by atoms with Crippen molar-refractivity contribution in [1.29, 1.82) is 0 Å². The van der Waals surface area contributed by atoms with Gasteiger partial charge in [0.2, 0.25) is 0 Å². The summed E-state index contributed by atoms with van der Waals surface area (Å²) in [6.45, 7) is 8.64. The molecule has 0 radical (unpaired) electrons. The maximum absolute atomic E-state index is 13.7. The van der Waals surface area contributed by atoms with Gasteiger partial charge in [-0.1, -0.05) is 78.2 Å². The van der Waals surface area contributed by atoms with E-state index in [0.717, 1.165) is 17.7 Å². The monoisotopic (exact) mass is 437 g/mol. The molecule has 0 aliphatic carbocycles. The average Bonchev–Trinajstić information content (AvgIpc) is 2.69. The van der Waals surface area contributed by atoms with Crippen LogP contribution in [0.1, 0.15) is 54.2 Å². The number of para-hydroxylation sites is 1. The van der Waals surface area contributed by atoms with Crippen LogP contribution in [0.2, 0.25) is 10.0 Å².